The summed E-state index contributed by atoms with van der Waals surface area (Å²) in [6, 6.07) is -0.377. The lowest BCUT2D eigenvalue weighted by Crippen LogP contribution is -2.57. The smallest absolute Gasteiger partial charge is 0.340 e. The first-order valence-corrected chi connectivity index (χ1v) is 13.2. The Labute approximate surface area is 192 Å². The van der Waals surface area contributed by atoms with Gasteiger partial charge in [-0.25, -0.2) is 13.2 Å². The van der Waals surface area contributed by atoms with Crippen molar-refractivity contribution in [2.45, 2.75) is 104 Å². The predicted molar refractivity (Wildman–Crippen MR) is 119 cm³/mol. The molecule has 0 aromatic heterocycles. The van der Waals surface area contributed by atoms with Gasteiger partial charge in [-0.1, -0.05) is 13.8 Å². The molecular weight excluding hydrogens is 434 g/mol. The number of nitrogens with zero attached hydrogens (tertiary/aromatic N) is 1. The van der Waals surface area contributed by atoms with Gasteiger partial charge in [0.1, 0.15) is 0 Å². The molecule has 3 rings (SSSR count). The zero-order chi connectivity index (χ0) is 24.3. The van der Waals surface area contributed by atoms with E-state index in [0.717, 1.165) is 6.42 Å². The average molecular weight is 474 g/mol. The number of carbonyl (C=O) groups excluding carboxylic acids is 2. The minimum absolute atomic E-state index is 0.0186. The van der Waals surface area contributed by atoms with Crippen molar-refractivity contribution in [3.05, 3.63) is 0 Å². The van der Waals surface area contributed by atoms with Crippen LogP contribution in [0.1, 0.15) is 80.6 Å². The molecule has 2 aliphatic carbocycles. The van der Waals surface area contributed by atoms with Crippen molar-refractivity contribution in [1.29, 1.82) is 0 Å². The van der Waals surface area contributed by atoms with Gasteiger partial charge < -0.3 is 14.2 Å². The van der Waals surface area contributed by atoms with Crippen LogP contribution in [0.3, 0.4) is 0 Å². The molecular formula is C23H39NO7S. The van der Waals surface area contributed by atoms with Crippen LogP contribution in [0, 0.1) is 16.7 Å². The van der Waals surface area contributed by atoms with Crippen LogP contribution < -0.4 is 0 Å². The van der Waals surface area contributed by atoms with Crippen LogP contribution in [0.25, 0.3) is 0 Å². The molecule has 0 aromatic carbocycles. The molecule has 1 heterocycles. The highest BCUT2D eigenvalue weighted by Crippen LogP contribution is 2.73. The lowest BCUT2D eigenvalue weighted by Gasteiger charge is -2.47. The molecule has 1 aliphatic heterocycles. The van der Waals surface area contributed by atoms with E-state index in [1.807, 2.05) is 27.7 Å². The lowest BCUT2D eigenvalue weighted by molar-refractivity contribution is -0.254. The first-order valence-electron chi connectivity index (χ1n) is 11.6. The van der Waals surface area contributed by atoms with Crippen LogP contribution in [-0.2, 0) is 33.8 Å². The standard InChI is InChI=1S/C23H39NO7S/c1-15(2)24(16(3)4)32(27,28)14-22-12-9-17(20(22,5)6)13-23(22)30-19(26)21(7,31-23)11-10-18(25)29-8/h15-17H,9-14H2,1-8H3/t17-,21-,22+,23-/m1/s1. The Morgan fingerprint density at radius 2 is 1.78 bits per heavy atom. The lowest BCUT2D eigenvalue weighted by atomic mass is 9.68. The number of hydrogen-bond acceptors (Lipinski definition) is 7. The third-order valence-electron chi connectivity index (χ3n) is 8.30. The van der Waals surface area contributed by atoms with E-state index < -0.39 is 44.2 Å². The van der Waals surface area contributed by atoms with E-state index in [-0.39, 0.29) is 36.6 Å². The third kappa shape index (κ3) is 3.59. The molecule has 2 bridgehead atoms. The molecule has 9 heteroatoms. The van der Waals surface area contributed by atoms with Gasteiger partial charge in [0.15, 0.2) is 5.60 Å². The van der Waals surface area contributed by atoms with Gasteiger partial charge in [-0.3, -0.25) is 4.79 Å². The second-order valence-electron chi connectivity index (χ2n) is 11.1. The summed E-state index contributed by atoms with van der Waals surface area (Å²) in [6.07, 6.45) is 2.09. The molecule has 0 amide bonds. The quantitative estimate of drug-likeness (QED) is 0.499. The Morgan fingerprint density at radius 3 is 2.28 bits per heavy atom. The first-order chi connectivity index (χ1) is 14.6. The Hall–Kier alpha value is -1.19. The van der Waals surface area contributed by atoms with E-state index >= 15 is 0 Å². The second-order valence-corrected chi connectivity index (χ2v) is 12.9. The molecule has 0 radical (unpaired) electrons. The summed E-state index contributed by atoms with van der Waals surface area (Å²) in [5.74, 6) is -2.24. The molecule has 0 N–H and O–H groups in total. The molecule has 8 nitrogen and oxygen atoms in total. The summed E-state index contributed by atoms with van der Waals surface area (Å²) in [7, 11) is -2.38. The van der Waals surface area contributed by atoms with Gasteiger partial charge in [-0.15, -0.1) is 0 Å². The van der Waals surface area contributed by atoms with Crippen molar-refractivity contribution in [2.24, 2.45) is 16.7 Å². The van der Waals surface area contributed by atoms with Crippen LogP contribution in [0.15, 0.2) is 0 Å². The number of hydrogen-bond donors (Lipinski definition) is 0. The molecule has 3 fully saturated rings. The average Bonchev–Trinajstić information content (AvgIpc) is 3.10. The SMILES string of the molecule is COC(=O)CC[C@@]1(C)O[C@@]2(C[C@H]3CC[C@]2(CS(=O)(=O)N(C(C)C)C(C)C)C3(C)C)OC1=O. The molecule has 2 saturated carbocycles. The fourth-order valence-corrected chi connectivity index (χ4v) is 9.40. The minimum atomic E-state index is -3.68. The van der Waals surface area contributed by atoms with Crippen molar-refractivity contribution in [1.82, 2.24) is 4.31 Å². The molecule has 1 saturated heterocycles. The van der Waals surface area contributed by atoms with Gasteiger partial charge in [0, 0.05) is 24.9 Å². The van der Waals surface area contributed by atoms with Crippen molar-refractivity contribution in [2.75, 3.05) is 12.9 Å². The maximum atomic E-state index is 13.7. The van der Waals surface area contributed by atoms with Crippen molar-refractivity contribution < 1.29 is 32.2 Å². The fourth-order valence-electron chi connectivity index (χ4n) is 6.60. The molecule has 32 heavy (non-hydrogen) atoms. The van der Waals surface area contributed by atoms with Crippen LogP contribution in [0.5, 0.6) is 0 Å². The fraction of sp³-hybridized carbons (Fsp3) is 0.913. The van der Waals surface area contributed by atoms with Gasteiger partial charge in [0.2, 0.25) is 15.8 Å². The van der Waals surface area contributed by atoms with Crippen LogP contribution in [-0.4, -0.2) is 61.0 Å². The van der Waals surface area contributed by atoms with Crippen LogP contribution >= 0.6 is 0 Å². The summed E-state index contributed by atoms with van der Waals surface area (Å²) in [4.78, 5) is 24.7. The minimum Gasteiger partial charge on any atom is -0.469 e. The van der Waals surface area contributed by atoms with Crippen molar-refractivity contribution in [3.63, 3.8) is 0 Å². The molecule has 3 aliphatic rings. The summed E-state index contributed by atoms with van der Waals surface area (Å²) < 4.78 is 46.2. The summed E-state index contributed by atoms with van der Waals surface area (Å²) in [6.45, 7) is 13.3. The summed E-state index contributed by atoms with van der Waals surface area (Å²) in [5, 5.41) is 0. The van der Waals surface area contributed by atoms with Crippen LogP contribution in [0.2, 0.25) is 0 Å². The van der Waals surface area contributed by atoms with E-state index in [9.17, 15) is 18.0 Å². The van der Waals surface area contributed by atoms with E-state index in [0.29, 0.717) is 12.8 Å². The highest BCUT2D eigenvalue weighted by molar-refractivity contribution is 7.89. The zero-order valence-corrected chi connectivity index (χ0v) is 21.5. The molecule has 1 spiro atoms. The number of esters is 2. The van der Waals surface area contributed by atoms with Crippen molar-refractivity contribution in [3.8, 4) is 0 Å². The highest BCUT2D eigenvalue weighted by atomic mass is 32.2. The van der Waals surface area contributed by atoms with Gasteiger partial charge in [0.25, 0.3) is 0 Å². The van der Waals surface area contributed by atoms with E-state index in [2.05, 4.69) is 13.8 Å². The van der Waals surface area contributed by atoms with E-state index in [1.165, 1.54) is 7.11 Å². The largest absolute Gasteiger partial charge is 0.469 e. The number of methoxy groups -OCH3 is 1. The maximum absolute atomic E-state index is 13.7. The van der Waals surface area contributed by atoms with E-state index in [4.69, 9.17) is 14.2 Å². The predicted octanol–water partition coefficient (Wildman–Crippen LogP) is 3.24. The maximum Gasteiger partial charge on any atom is 0.340 e. The Kier molecular flexibility index (Phi) is 6.31. The Balaban J connectivity index is 2.01. The zero-order valence-electron chi connectivity index (χ0n) is 20.7. The monoisotopic (exact) mass is 473 g/mol. The van der Waals surface area contributed by atoms with Gasteiger partial charge >= 0.3 is 11.9 Å². The van der Waals surface area contributed by atoms with Crippen molar-refractivity contribution >= 4 is 22.0 Å². The van der Waals surface area contributed by atoms with Gasteiger partial charge in [0.05, 0.1) is 18.3 Å². The molecule has 0 aromatic rings. The van der Waals surface area contributed by atoms with Crippen LogP contribution in [0.4, 0.5) is 0 Å². The normalized spacial score (nSPS) is 36.0. The summed E-state index contributed by atoms with van der Waals surface area (Å²) >= 11 is 0. The highest BCUT2D eigenvalue weighted by Gasteiger charge is 2.79. The van der Waals surface area contributed by atoms with Gasteiger partial charge in [-0.05, 0) is 65.2 Å². The number of ether oxygens (including phenoxy) is 3. The molecule has 0 unspecified atom stereocenters. The number of carbonyl (C=O) groups is 2. The number of rotatable bonds is 8. The molecule has 4 atom stereocenters. The van der Waals surface area contributed by atoms with Gasteiger partial charge in [-0.2, -0.15) is 4.31 Å². The molecule has 184 valence electrons. The Morgan fingerprint density at radius 1 is 1.19 bits per heavy atom. The summed E-state index contributed by atoms with van der Waals surface area (Å²) in [5.41, 5.74) is -2.58. The number of sulfonamides is 1. The Bertz CT molecular complexity index is 875. The van der Waals surface area contributed by atoms with E-state index in [1.54, 1.807) is 11.2 Å². The second kappa shape index (κ2) is 7.94. The number of fused-ring (bicyclic) bond motifs is 3. The third-order valence-corrected chi connectivity index (χ3v) is 10.6. The first kappa shape index (κ1) is 25.4. The topological polar surface area (TPSA) is 99.2 Å².